The third kappa shape index (κ3) is 3.73. The molecule has 2 nitrogen and oxygen atoms in total. The molecular weight excluding hydrogens is 268 g/mol. The van der Waals surface area contributed by atoms with Gasteiger partial charge >= 0.3 is 0 Å². The van der Waals surface area contributed by atoms with Gasteiger partial charge in [0.2, 0.25) is 0 Å². The van der Waals surface area contributed by atoms with E-state index in [-0.39, 0.29) is 0 Å². The van der Waals surface area contributed by atoms with Gasteiger partial charge in [0.05, 0.1) is 0 Å². The molecular formula is C20H30N2. The minimum atomic E-state index is 0.617. The van der Waals surface area contributed by atoms with Crippen LogP contribution < -0.4 is 10.6 Å². The molecule has 1 aromatic carbocycles. The van der Waals surface area contributed by atoms with Crippen molar-refractivity contribution in [2.24, 2.45) is 0 Å². The molecule has 2 aliphatic rings. The second kappa shape index (κ2) is 7.82. The fraction of sp³-hybridized carbons (Fsp3) is 0.600. The molecule has 1 heterocycles. The van der Waals surface area contributed by atoms with E-state index in [9.17, 15) is 0 Å². The molecule has 1 saturated carbocycles. The zero-order valence-electron chi connectivity index (χ0n) is 13.9. The molecule has 1 aromatic rings. The average Bonchev–Trinajstić information content (AvgIpc) is 2.58. The molecule has 0 bridgehead atoms. The minimum Gasteiger partial charge on any atom is -0.382 e. The third-order valence-electron chi connectivity index (χ3n) is 5.22. The number of benzene rings is 1. The quantitative estimate of drug-likeness (QED) is 0.823. The molecule has 2 heteroatoms. The summed E-state index contributed by atoms with van der Waals surface area (Å²) in [6.07, 6.45) is 13.9. The summed E-state index contributed by atoms with van der Waals surface area (Å²) in [6.45, 7) is 4.41. The monoisotopic (exact) mass is 298 g/mol. The van der Waals surface area contributed by atoms with E-state index in [4.69, 9.17) is 0 Å². The van der Waals surface area contributed by atoms with E-state index in [0.717, 1.165) is 19.0 Å². The molecule has 0 spiro atoms. The first-order valence-electron chi connectivity index (χ1n) is 9.11. The molecule has 120 valence electrons. The lowest BCUT2D eigenvalue weighted by molar-refractivity contribution is 0.443. The van der Waals surface area contributed by atoms with Gasteiger partial charge in [-0.1, -0.05) is 43.5 Å². The summed E-state index contributed by atoms with van der Waals surface area (Å²) in [5.41, 5.74) is 4.35. The predicted molar refractivity (Wildman–Crippen MR) is 96.5 cm³/mol. The van der Waals surface area contributed by atoms with Crippen LogP contribution in [0.2, 0.25) is 0 Å². The number of nitrogens with one attached hydrogen (secondary N) is 2. The lowest BCUT2D eigenvalue weighted by atomic mass is 9.81. The Labute approximate surface area is 135 Å². The van der Waals surface area contributed by atoms with Crippen LogP contribution in [0.25, 0.3) is 6.08 Å². The molecule has 1 aliphatic carbocycles. The number of anilines is 1. The fourth-order valence-corrected chi connectivity index (χ4v) is 4.02. The third-order valence-corrected chi connectivity index (χ3v) is 5.22. The number of hydrogen-bond acceptors (Lipinski definition) is 2. The second-order valence-electron chi connectivity index (χ2n) is 6.81. The van der Waals surface area contributed by atoms with Gasteiger partial charge in [-0.25, -0.2) is 0 Å². The minimum absolute atomic E-state index is 0.617. The van der Waals surface area contributed by atoms with Crippen LogP contribution in [0.1, 0.15) is 68.9 Å². The molecule has 0 aromatic heterocycles. The van der Waals surface area contributed by atoms with Crippen molar-refractivity contribution >= 4 is 11.8 Å². The highest BCUT2D eigenvalue weighted by Gasteiger charge is 2.20. The van der Waals surface area contributed by atoms with Crippen LogP contribution >= 0.6 is 0 Å². The fourth-order valence-electron chi connectivity index (χ4n) is 4.02. The van der Waals surface area contributed by atoms with Crippen LogP contribution in [0.15, 0.2) is 24.3 Å². The van der Waals surface area contributed by atoms with Crippen molar-refractivity contribution in [2.75, 3.05) is 18.4 Å². The number of hydrogen-bond donors (Lipinski definition) is 2. The van der Waals surface area contributed by atoms with Crippen molar-refractivity contribution in [3.8, 4) is 0 Å². The van der Waals surface area contributed by atoms with E-state index >= 15 is 0 Å². The summed E-state index contributed by atoms with van der Waals surface area (Å²) in [5.74, 6) is 0.759. The van der Waals surface area contributed by atoms with Crippen LogP contribution in [0.4, 0.5) is 5.69 Å². The summed E-state index contributed by atoms with van der Waals surface area (Å²) in [5, 5.41) is 7.27. The number of allylic oxidation sites excluding steroid dienone is 1. The van der Waals surface area contributed by atoms with Gasteiger partial charge in [0.15, 0.2) is 0 Å². The van der Waals surface area contributed by atoms with Crippen molar-refractivity contribution in [3.63, 3.8) is 0 Å². The maximum Gasteiger partial charge on any atom is 0.0418 e. The van der Waals surface area contributed by atoms with E-state index in [1.807, 2.05) is 0 Å². The van der Waals surface area contributed by atoms with Gasteiger partial charge in [0, 0.05) is 17.3 Å². The zero-order valence-corrected chi connectivity index (χ0v) is 13.9. The van der Waals surface area contributed by atoms with Crippen LogP contribution in [0, 0.1) is 0 Å². The smallest absolute Gasteiger partial charge is 0.0418 e. The highest BCUT2D eigenvalue weighted by atomic mass is 15.0. The molecule has 3 rings (SSSR count). The Bertz CT molecular complexity index is 494. The van der Waals surface area contributed by atoms with Crippen molar-refractivity contribution in [1.82, 2.24) is 5.32 Å². The van der Waals surface area contributed by atoms with E-state index in [1.165, 1.54) is 56.2 Å². The van der Waals surface area contributed by atoms with Crippen LogP contribution in [0.5, 0.6) is 0 Å². The number of piperidine rings is 1. The Morgan fingerprint density at radius 2 is 1.82 bits per heavy atom. The van der Waals surface area contributed by atoms with Gasteiger partial charge in [-0.2, -0.15) is 0 Å². The van der Waals surface area contributed by atoms with Crippen LogP contribution in [-0.4, -0.2) is 19.1 Å². The second-order valence-corrected chi connectivity index (χ2v) is 6.81. The summed E-state index contributed by atoms with van der Waals surface area (Å²) < 4.78 is 0. The van der Waals surface area contributed by atoms with Gasteiger partial charge in [-0.15, -0.1) is 0 Å². The van der Waals surface area contributed by atoms with E-state index in [0.29, 0.717) is 6.04 Å². The van der Waals surface area contributed by atoms with Crippen molar-refractivity contribution in [3.05, 3.63) is 35.4 Å². The standard InChI is InChI=1S/C20H30N2/c1-2-7-19-18(16-8-4-3-5-9-16)10-6-11-20(19)22-17-12-14-21-15-13-17/h2,6-7,10-11,16-17,21-22H,3-5,8-9,12-15H2,1H3/b7-2-. The lowest BCUT2D eigenvalue weighted by Crippen LogP contribution is -2.35. The van der Waals surface area contributed by atoms with Crippen molar-refractivity contribution in [2.45, 2.75) is 63.8 Å². The van der Waals surface area contributed by atoms with E-state index in [1.54, 1.807) is 5.56 Å². The highest BCUT2D eigenvalue weighted by Crippen LogP contribution is 2.37. The summed E-state index contributed by atoms with van der Waals surface area (Å²) in [7, 11) is 0. The normalized spacial score (nSPS) is 21.3. The first kappa shape index (κ1) is 15.6. The summed E-state index contributed by atoms with van der Waals surface area (Å²) >= 11 is 0. The number of rotatable bonds is 4. The molecule has 0 radical (unpaired) electrons. The summed E-state index contributed by atoms with van der Waals surface area (Å²) in [6, 6.07) is 7.50. The van der Waals surface area contributed by atoms with Crippen molar-refractivity contribution in [1.29, 1.82) is 0 Å². The van der Waals surface area contributed by atoms with Gasteiger partial charge in [-0.3, -0.25) is 0 Å². The zero-order chi connectivity index (χ0) is 15.2. The first-order valence-corrected chi connectivity index (χ1v) is 9.11. The topological polar surface area (TPSA) is 24.1 Å². The SMILES string of the molecule is C/C=C\c1c(NC2CCNCC2)cccc1C1CCCCC1. The molecule has 0 amide bonds. The predicted octanol–water partition coefficient (Wildman–Crippen LogP) is 4.93. The Morgan fingerprint density at radius 3 is 2.55 bits per heavy atom. The highest BCUT2D eigenvalue weighted by molar-refractivity contribution is 5.70. The van der Waals surface area contributed by atoms with E-state index in [2.05, 4.69) is 47.9 Å². The Kier molecular flexibility index (Phi) is 5.55. The molecule has 0 atom stereocenters. The Morgan fingerprint density at radius 1 is 1.05 bits per heavy atom. The summed E-state index contributed by atoms with van der Waals surface area (Å²) in [4.78, 5) is 0. The maximum absolute atomic E-state index is 3.82. The molecule has 1 aliphatic heterocycles. The van der Waals surface area contributed by atoms with Gasteiger partial charge < -0.3 is 10.6 Å². The maximum atomic E-state index is 3.82. The first-order chi connectivity index (χ1) is 10.9. The Hall–Kier alpha value is -1.28. The van der Waals surface area contributed by atoms with Crippen molar-refractivity contribution < 1.29 is 0 Å². The van der Waals surface area contributed by atoms with Gasteiger partial charge in [0.25, 0.3) is 0 Å². The largest absolute Gasteiger partial charge is 0.382 e. The van der Waals surface area contributed by atoms with Crippen LogP contribution in [-0.2, 0) is 0 Å². The van der Waals surface area contributed by atoms with E-state index < -0.39 is 0 Å². The Balaban J connectivity index is 1.84. The van der Waals surface area contributed by atoms with Crippen LogP contribution in [0.3, 0.4) is 0 Å². The van der Waals surface area contributed by atoms with Gasteiger partial charge in [0.1, 0.15) is 0 Å². The average molecular weight is 298 g/mol. The molecule has 1 saturated heterocycles. The molecule has 22 heavy (non-hydrogen) atoms. The lowest BCUT2D eigenvalue weighted by Gasteiger charge is -2.28. The van der Waals surface area contributed by atoms with Gasteiger partial charge in [-0.05, 0) is 63.2 Å². The molecule has 2 fully saturated rings. The molecule has 2 N–H and O–H groups in total. The molecule has 0 unspecified atom stereocenters.